The lowest BCUT2D eigenvalue weighted by atomic mass is 9.95. The zero-order valence-corrected chi connectivity index (χ0v) is 17.9. The highest BCUT2D eigenvalue weighted by molar-refractivity contribution is 7.91. The van der Waals surface area contributed by atoms with Gasteiger partial charge >= 0.3 is 0 Å². The van der Waals surface area contributed by atoms with Crippen LogP contribution in [0.3, 0.4) is 0 Å². The van der Waals surface area contributed by atoms with Gasteiger partial charge in [0.25, 0.3) is 0 Å². The van der Waals surface area contributed by atoms with E-state index in [9.17, 15) is 8.42 Å². The molecule has 0 unspecified atom stereocenters. The molecular weight excluding hydrogens is 412 g/mol. The minimum atomic E-state index is -3.86. The van der Waals surface area contributed by atoms with Crippen LogP contribution in [0.5, 0.6) is 0 Å². The number of hydrogen-bond acceptors (Lipinski definition) is 6. The fraction of sp³-hybridized carbons (Fsp3) is 0.318. The van der Waals surface area contributed by atoms with Crippen molar-refractivity contribution in [3.05, 3.63) is 48.4 Å². The lowest BCUT2D eigenvalue weighted by Gasteiger charge is -2.33. The number of aromatic amines is 1. The first kappa shape index (κ1) is 19.6. The maximum atomic E-state index is 13.6. The lowest BCUT2D eigenvalue weighted by molar-refractivity contribution is 0.371. The van der Waals surface area contributed by atoms with Crippen molar-refractivity contribution in [3.63, 3.8) is 0 Å². The molecule has 31 heavy (non-hydrogen) atoms. The number of nitrogens with zero attached hydrogens (tertiary/aromatic N) is 5. The monoisotopic (exact) mass is 434 g/mol. The topological polar surface area (TPSA) is 108 Å². The van der Waals surface area contributed by atoms with E-state index in [0.717, 1.165) is 36.8 Å². The predicted octanol–water partition coefficient (Wildman–Crippen LogP) is 3.32. The zero-order valence-electron chi connectivity index (χ0n) is 17.1. The summed E-state index contributed by atoms with van der Waals surface area (Å²) in [5.41, 5.74) is 2.29. The van der Waals surface area contributed by atoms with Crippen LogP contribution < -0.4 is 5.01 Å². The Morgan fingerprint density at radius 3 is 2.74 bits per heavy atom. The third-order valence-corrected chi connectivity index (χ3v) is 7.89. The molecule has 0 bridgehead atoms. The van der Waals surface area contributed by atoms with Crippen LogP contribution in [-0.4, -0.2) is 41.1 Å². The Bertz CT molecular complexity index is 1420. The molecule has 9 heteroatoms. The molecule has 1 aliphatic rings. The number of piperidine rings is 1. The van der Waals surface area contributed by atoms with E-state index in [-0.39, 0.29) is 9.92 Å². The Kier molecular flexibility index (Phi) is 4.67. The van der Waals surface area contributed by atoms with Crippen molar-refractivity contribution in [2.75, 3.05) is 18.1 Å². The summed E-state index contributed by atoms with van der Waals surface area (Å²) in [5, 5.41) is 11.9. The number of imidazole rings is 1. The summed E-state index contributed by atoms with van der Waals surface area (Å²) in [5.74, 6) is 0.405. The molecule has 0 spiro atoms. The van der Waals surface area contributed by atoms with E-state index in [1.807, 2.05) is 16.8 Å². The normalized spacial score (nSPS) is 15.5. The number of hydrogen-bond donors (Lipinski definition) is 1. The van der Waals surface area contributed by atoms with Crippen LogP contribution in [-0.2, 0) is 9.84 Å². The van der Waals surface area contributed by atoms with E-state index in [1.54, 1.807) is 37.6 Å². The first-order chi connectivity index (χ1) is 15.0. The van der Waals surface area contributed by atoms with Crippen molar-refractivity contribution in [2.45, 2.75) is 36.1 Å². The van der Waals surface area contributed by atoms with Gasteiger partial charge in [-0.2, -0.15) is 5.26 Å². The molecule has 1 aliphatic heterocycles. The molecule has 5 rings (SSSR count). The van der Waals surface area contributed by atoms with Gasteiger partial charge in [-0.25, -0.2) is 23.1 Å². The van der Waals surface area contributed by atoms with E-state index in [4.69, 9.17) is 5.26 Å². The van der Waals surface area contributed by atoms with E-state index < -0.39 is 9.84 Å². The summed E-state index contributed by atoms with van der Waals surface area (Å²) in [6.07, 6.45) is 5.85. The number of pyridine rings is 1. The van der Waals surface area contributed by atoms with Crippen molar-refractivity contribution in [3.8, 4) is 6.07 Å². The Morgan fingerprint density at radius 1 is 1.23 bits per heavy atom. The summed E-state index contributed by atoms with van der Waals surface area (Å²) in [6.45, 7) is 3.35. The molecule has 4 heterocycles. The molecule has 0 atom stereocenters. The average molecular weight is 435 g/mol. The molecule has 3 aromatic heterocycles. The molecule has 1 saturated heterocycles. The van der Waals surface area contributed by atoms with Crippen LogP contribution in [0.4, 0.5) is 0 Å². The highest BCUT2D eigenvalue weighted by Gasteiger charge is 2.29. The van der Waals surface area contributed by atoms with Gasteiger partial charge in [0.1, 0.15) is 23.0 Å². The Balaban J connectivity index is 1.67. The van der Waals surface area contributed by atoms with Gasteiger partial charge in [0.05, 0.1) is 11.0 Å². The second kappa shape index (κ2) is 7.39. The van der Waals surface area contributed by atoms with Crippen molar-refractivity contribution in [2.24, 2.45) is 5.92 Å². The second-order valence-electron chi connectivity index (χ2n) is 7.97. The number of benzene rings is 1. The van der Waals surface area contributed by atoms with E-state index >= 15 is 0 Å². The number of fused-ring (bicyclic) bond motifs is 3. The molecule has 0 radical (unpaired) electrons. The first-order valence-electron chi connectivity index (χ1n) is 10.3. The van der Waals surface area contributed by atoms with Gasteiger partial charge in [0.2, 0.25) is 9.84 Å². The second-order valence-corrected chi connectivity index (χ2v) is 9.80. The van der Waals surface area contributed by atoms with Crippen LogP contribution >= 0.6 is 0 Å². The lowest BCUT2D eigenvalue weighted by Crippen LogP contribution is -2.41. The predicted molar refractivity (Wildman–Crippen MR) is 117 cm³/mol. The number of rotatable bonds is 4. The standard InChI is InChI=1S/C22H22N6O2S/c1-15-4-2-3-5-18(15)31(29,30)22-19-20(17-7-11-24-21(17)26-22)28(14-25-19)27-12-8-16(6-10-23)9-13-27/h2-5,7,11,14,16H,6,8-9,12-13H2,1H3,(H,24,26). The van der Waals surface area contributed by atoms with Gasteiger partial charge < -0.3 is 9.99 Å². The summed E-state index contributed by atoms with van der Waals surface area (Å²) in [4.78, 5) is 12.3. The minimum absolute atomic E-state index is 0.0372. The maximum Gasteiger partial charge on any atom is 0.226 e. The van der Waals surface area contributed by atoms with E-state index in [1.165, 1.54) is 0 Å². The Hall–Kier alpha value is -3.38. The highest BCUT2D eigenvalue weighted by Crippen LogP contribution is 2.32. The molecule has 1 N–H and O–H groups in total. The fourth-order valence-corrected chi connectivity index (χ4v) is 5.95. The molecule has 0 saturated carbocycles. The molecule has 4 aromatic rings. The summed E-state index contributed by atoms with van der Waals surface area (Å²) in [6, 6.07) is 11.1. The van der Waals surface area contributed by atoms with Gasteiger partial charge in [-0.15, -0.1) is 0 Å². The largest absolute Gasteiger partial charge is 0.346 e. The highest BCUT2D eigenvalue weighted by atomic mass is 32.2. The van der Waals surface area contributed by atoms with Crippen molar-refractivity contribution < 1.29 is 8.42 Å². The van der Waals surface area contributed by atoms with Crippen LogP contribution in [0.15, 0.2) is 52.8 Å². The third kappa shape index (κ3) is 3.15. The summed E-state index contributed by atoms with van der Waals surface area (Å²) < 4.78 is 29.1. The average Bonchev–Trinajstić information content (AvgIpc) is 3.41. The van der Waals surface area contributed by atoms with Crippen molar-refractivity contribution in [1.29, 1.82) is 5.26 Å². The van der Waals surface area contributed by atoms with Crippen LogP contribution in [0, 0.1) is 24.2 Å². The zero-order chi connectivity index (χ0) is 21.6. The number of aryl methyl sites for hydroxylation is 1. The molecular formula is C22H22N6O2S. The van der Waals surface area contributed by atoms with Crippen LogP contribution in [0.25, 0.3) is 22.1 Å². The molecule has 1 aromatic carbocycles. The molecule has 158 valence electrons. The van der Waals surface area contributed by atoms with Crippen LogP contribution in [0.1, 0.15) is 24.8 Å². The fourth-order valence-electron chi connectivity index (χ4n) is 4.38. The van der Waals surface area contributed by atoms with Gasteiger partial charge in [0, 0.05) is 31.1 Å². The van der Waals surface area contributed by atoms with Gasteiger partial charge in [-0.05, 0) is 43.4 Å². The maximum absolute atomic E-state index is 13.6. The number of nitriles is 1. The van der Waals surface area contributed by atoms with Gasteiger partial charge in [-0.3, -0.25) is 0 Å². The van der Waals surface area contributed by atoms with E-state index in [2.05, 4.69) is 26.0 Å². The van der Waals surface area contributed by atoms with Crippen molar-refractivity contribution in [1.82, 2.24) is 19.6 Å². The minimum Gasteiger partial charge on any atom is -0.346 e. The Morgan fingerprint density at radius 2 is 2.00 bits per heavy atom. The quantitative estimate of drug-likeness (QED) is 0.528. The Labute approximate surface area is 180 Å². The molecule has 1 fully saturated rings. The SMILES string of the molecule is Cc1ccccc1S(=O)(=O)c1nc2[nH]ccc2c2c1ncn2N1CCC(CC#N)CC1. The summed E-state index contributed by atoms with van der Waals surface area (Å²) >= 11 is 0. The first-order valence-corrected chi connectivity index (χ1v) is 11.8. The smallest absolute Gasteiger partial charge is 0.226 e. The van der Waals surface area contributed by atoms with Crippen molar-refractivity contribution >= 4 is 31.9 Å². The number of aromatic nitrogens is 4. The third-order valence-electron chi connectivity index (χ3n) is 6.06. The summed E-state index contributed by atoms with van der Waals surface area (Å²) in [7, 11) is -3.86. The van der Waals surface area contributed by atoms with Gasteiger partial charge in [0.15, 0.2) is 5.03 Å². The van der Waals surface area contributed by atoms with Crippen LogP contribution in [0.2, 0.25) is 0 Å². The number of H-pyrrole nitrogens is 1. The molecule has 0 aliphatic carbocycles. The number of sulfone groups is 1. The number of nitrogens with one attached hydrogen (secondary N) is 1. The molecule has 0 amide bonds. The van der Waals surface area contributed by atoms with Gasteiger partial charge in [-0.1, -0.05) is 18.2 Å². The molecule has 8 nitrogen and oxygen atoms in total. The van der Waals surface area contributed by atoms with E-state index in [0.29, 0.717) is 29.1 Å².